The van der Waals surface area contributed by atoms with Gasteiger partial charge >= 0.3 is 0 Å². The number of rotatable bonds is 4. The van der Waals surface area contributed by atoms with Gasteiger partial charge in [0.2, 0.25) is 0 Å². The lowest BCUT2D eigenvalue weighted by molar-refractivity contribution is -0.384. The maximum absolute atomic E-state index is 11.5. The number of benzene rings is 1. The minimum Gasteiger partial charge on any atom is -0.268 e. The smallest absolute Gasteiger partial charge is 0.268 e. The normalized spacial score (nSPS) is 10.5. The Labute approximate surface area is 107 Å². The fraction of sp³-hybridized carbons (Fsp3) is 0. The molecular formula is C11H9N5O3. The number of nitro groups is 1. The van der Waals surface area contributed by atoms with Crippen molar-refractivity contribution in [1.82, 2.24) is 14.9 Å². The Kier molecular flexibility index (Phi) is 3.62. The Morgan fingerprint density at radius 2 is 2.11 bits per heavy atom. The summed E-state index contributed by atoms with van der Waals surface area (Å²) in [7, 11) is 0. The second kappa shape index (κ2) is 5.54. The van der Waals surface area contributed by atoms with Crippen LogP contribution in [0.2, 0.25) is 0 Å². The molecule has 1 N–H and O–H groups in total. The number of hydrogen-bond donors (Lipinski definition) is 1. The number of aromatic nitrogens is 3. The van der Waals surface area contributed by atoms with Gasteiger partial charge in [-0.25, -0.2) is 4.68 Å². The van der Waals surface area contributed by atoms with Gasteiger partial charge in [-0.2, -0.15) is 0 Å². The fourth-order valence-electron chi connectivity index (χ4n) is 1.34. The van der Waals surface area contributed by atoms with Crippen LogP contribution in [-0.4, -0.2) is 25.7 Å². The average Bonchev–Trinajstić information content (AvgIpc) is 2.89. The van der Waals surface area contributed by atoms with E-state index in [1.807, 2.05) is 0 Å². The van der Waals surface area contributed by atoms with Crippen LogP contribution in [0.1, 0.15) is 5.56 Å². The second-order valence-corrected chi connectivity index (χ2v) is 3.53. The van der Waals surface area contributed by atoms with Gasteiger partial charge in [-0.15, -0.1) is 10.2 Å². The minimum absolute atomic E-state index is 0.0265. The molecule has 1 amide bonds. The number of nitrogens with zero attached hydrogens (tertiary/aromatic N) is 4. The SMILES string of the molecule is O=C(/C=C/c1cccc([N+](=O)[O-])c1)Nn1cnnc1. The second-order valence-electron chi connectivity index (χ2n) is 3.53. The van der Waals surface area contributed by atoms with E-state index in [-0.39, 0.29) is 5.69 Å². The first kappa shape index (κ1) is 12.4. The molecule has 0 aliphatic rings. The zero-order valence-electron chi connectivity index (χ0n) is 9.63. The number of hydrogen-bond acceptors (Lipinski definition) is 5. The van der Waals surface area contributed by atoms with Crippen LogP contribution in [0.4, 0.5) is 5.69 Å². The molecule has 2 rings (SSSR count). The van der Waals surface area contributed by atoms with Gasteiger partial charge in [0, 0.05) is 18.2 Å². The zero-order chi connectivity index (χ0) is 13.7. The topological polar surface area (TPSA) is 103 Å². The highest BCUT2D eigenvalue weighted by atomic mass is 16.6. The molecule has 1 aromatic carbocycles. The van der Waals surface area contributed by atoms with Crippen LogP contribution in [0.15, 0.2) is 43.0 Å². The molecule has 0 saturated carbocycles. The highest BCUT2D eigenvalue weighted by Crippen LogP contribution is 2.13. The Morgan fingerprint density at radius 3 is 2.79 bits per heavy atom. The third-order valence-electron chi connectivity index (χ3n) is 2.17. The van der Waals surface area contributed by atoms with Gasteiger partial charge in [0.25, 0.3) is 11.6 Å². The summed E-state index contributed by atoms with van der Waals surface area (Å²) in [5.74, 6) is -0.397. The van der Waals surface area contributed by atoms with Crippen LogP contribution in [0.3, 0.4) is 0 Å². The molecule has 0 fully saturated rings. The zero-order valence-corrected chi connectivity index (χ0v) is 9.63. The Bertz CT molecular complexity index is 621. The molecule has 0 saturated heterocycles. The summed E-state index contributed by atoms with van der Waals surface area (Å²) < 4.78 is 1.29. The summed E-state index contributed by atoms with van der Waals surface area (Å²) in [5, 5.41) is 17.6. The van der Waals surface area contributed by atoms with Crippen LogP contribution in [0, 0.1) is 10.1 Å². The monoisotopic (exact) mass is 259 g/mol. The third kappa shape index (κ3) is 3.46. The van der Waals surface area contributed by atoms with E-state index < -0.39 is 10.8 Å². The van der Waals surface area contributed by atoms with E-state index in [2.05, 4.69) is 15.6 Å². The lowest BCUT2D eigenvalue weighted by Crippen LogP contribution is -2.18. The van der Waals surface area contributed by atoms with Crippen molar-refractivity contribution in [2.45, 2.75) is 0 Å². The molecule has 8 nitrogen and oxygen atoms in total. The van der Waals surface area contributed by atoms with E-state index in [0.717, 1.165) is 0 Å². The molecule has 96 valence electrons. The van der Waals surface area contributed by atoms with Gasteiger partial charge < -0.3 is 0 Å². The van der Waals surface area contributed by atoms with Crippen molar-refractivity contribution < 1.29 is 9.72 Å². The predicted octanol–water partition coefficient (Wildman–Crippen LogP) is 0.970. The number of nitro benzene ring substituents is 1. The first-order valence-corrected chi connectivity index (χ1v) is 5.23. The van der Waals surface area contributed by atoms with Gasteiger partial charge in [0.05, 0.1) is 4.92 Å². The van der Waals surface area contributed by atoms with E-state index >= 15 is 0 Å². The fourth-order valence-corrected chi connectivity index (χ4v) is 1.34. The third-order valence-corrected chi connectivity index (χ3v) is 2.17. The van der Waals surface area contributed by atoms with Gasteiger partial charge in [-0.1, -0.05) is 12.1 Å². The van der Waals surface area contributed by atoms with Crippen molar-refractivity contribution in [3.05, 3.63) is 58.7 Å². The largest absolute Gasteiger partial charge is 0.270 e. The van der Waals surface area contributed by atoms with Gasteiger partial charge in [-0.05, 0) is 11.6 Å². The standard InChI is InChI=1S/C11H9N5O3/c17-11(14-15-7-12-13-8-15)5-4-9-2-1-3-10(6-9)16(18)19/h1-8H,(H,14,17)/b5-4+. The molecule has 0 atom stereocenters. The lowest BCUT2D eigenvalue weighted by atomic mass is 10.2. The van der Waals surface area contributed by atoms with E-state index in [0.29, 0.717) is 5.56 Å². The van der Waals surface area contributed by atoms with Crippen LogP contribution in [0.25, 0.3) is 6.08 Å². The van der Waals surface area contributed by atoms with Crippen LogP contribution in [0.5, 0.6) is 0 Å². The molecule has 1 aromatic heterocycles. The summed E-state index contributed by atoms with van der Waals surface area (Å²) in [5.41, 5.74) is 3.00. The van der Waals surface area contributed by atoms with Crippen molar-refractivity contribution in [3.63, 3.8) is 0 Å². The van der Waals surface area contributed by atoms with Crippen molar-refractivity contribution in [2.75, 3.05) is 5.43 Å². The molecule has 2 aromatic rings. The molecular weight excluding hydrogens is 250 g/mol. The Balaban J connectivity index is 2.04. The molecule has 0 radical (unpaired) electrons. The van der Waals surface area contributed by atoms with Gasteiger partial charge in [-0.3, -0.25) is 20.3 Å². The van der Waals surface area contributed by atoms with Crippen molar-refractivity contribution in [3.8, 4) is 0 Å². The number of amides is 1. The Hall–Kier alpha value is -3.03. The minimum atomic E-state index is -0.491. The summed E-state index contributed by atoms with van der Waals surface area (Å²) in [6.07, 6.45) is 5.41. The van der Waals surface area contributed by atoms with Crippen molar-refractivity contribution in [2.24, 2.45) is 0 Å². The summed E-state index contributed by atoms with van der Waals surface area (Å²) in [4.78, 5) is 21.6. The van der Waals surface area contributed by atoms with Gasteiger partial charge in [0.15, 0.2) is 0 Å². The highest BCUT2D eigenvalue weighted by Gasteiger charge is 2.04. The van der Waals surface area contributed by atoms with E-state index in [4.69, 9.17) is 0 Å². The van der Waals surface area contributed by atoms with Crippen molar-refractivity contribution >= 4 is 17.7 Å². The van der Waals surface area contributed by atoms with E-state index in [1.54, 1.807) is 12.1 Å². The summed E-state index contributed by atoms with van der Waals surface area (Å²) in [6, 6.07) is 5.97. The highest BCUT2D eigenvalue weighted by molar-refractivity contribution is 5.97. The predicted molar refractivity (Wildman–Crippen MR) is 66.5 cm³/mol. The molecule has 19 heavy (non-hydrogen) atoms. The molecule has 0 aliphatic heterocycles. The molecule has 8 heteroatoms. The van der Waals surface area contributed by atoms with Crippen LogP contribution in [-0.2, 0) is 4.79 Å². The number of non-ortho nitro benzene ring substituents is 1. The summed E-state index contributed by atoms with van der Waals surface area (Å²) in [6.45, 7) is 0. The first-order valence-electron chi connectivity index (χ1n) is 5.23. The number of carbonyl (C=O) groups excluding carboxylic acids is 1. The maximum Gasteiger partial charge on any atom is 0.270 e. The van der Waals surface area contributed by atoms with Crippen LogP contribution < -0.4 is 5.43 Å². The molecule has 0 spiro atoms. The number of nitrogens with one attached hydrogen (secondary N) is 1. The molecule has 0 unspecified atom stereocenters. The van der Waals surface area contributed by atoms with Crippen molar-refractivity contribution in [1.29, 1.82) is 0 Å². The van der Waals surface area contributed by atoms with E-state index in [1.165, 1.54) is 41.6 Å². The summed E-state index contributed by atoms with van der Waals surface area (Å²) >= 11 is 0. The number of carbonyl (C=O) groups is 1. The van der Waals surface area contributed by atoms with Gasteiger partial charge in [0.1, 0.15) is 12.7 Å². The quantitative estimate of drug-likeness (QED) is 0.500. The lowest BCUT2D eigenvalue weighted by Gasteiger charge is -1.99. The maximum atomic E-state index is 11.5. The molecule has 0 bridgehead atoms. The molecule has 1 heterocycles. The average molecular weight is 259 g/mol. The van der Waals surface area contributed by atoms with Crippen LogP contribution >= 0.6 is 0 Å². The first-order chi connectivity index (χ1) is 9.15. The van der Waals surface area contributed by atoms with E-state index in [9.17, 15) is 14.9 Å². The Morgan fingerprint density at radius 1 is 1.37 bits per heavy atom. The molecule has 0 aliphatic carbocycles.